The van der Waals surface area contributed by atoms with Gasteiger partial charge < -0.3 is 24.5 Å². The standard InChI is InChI=1S/C27H35N3O5/c1-4-14-28(3)24(32)21-20-12-13-27(35-20)22(21)25(33)30(16-9-17-31)23(27)26(34)29(15-5-2)18-19-10-7-6-8-11-19/h4-8,10-11,20-23,31H,1-2,9,12-18H2,3H3/t20-,21+,22+,23?,27?/m1/s1. The second kappa shape index (κ2) is 10.3. The maximum atomic E-state index is 14.1. The average molecular weight is 482 g/mol. The average Bonchev–Trinajstić information content (AvgIpc) is 3.50. The van der Waals surface area contributed by atoms with E-state index in [9.17, 15) is 19.5 Å². The van der Waals surface area contributed by atoms with Crippen molar-refractivity contribution in [2.75, 3.05) is 33.3 Å². The molecule has 1 aromatic carbocycles. The third-order valence-electron chi connectivity index (χ3n) is 7.53. The third-order valence-corrected chi connectivity index (χ3v) is 7.53. The Labute approximate surface area is 206 Å². The SMILES string of the molecule is C=CCN(C)C(=O)[C@@H]1[C@H]2C(=O)N(CCCO)C(C(=O)N(CC=C)Cc3ccccc3)C23CC[C@H]1O3. The van der Waals surface area contributed by atoms with E-state index >= 15 is 0 Å². The fourth-order valence-electron chi connectivity index (χ4n) is 6.10. The number of carbonyl (C=O) groups is 3. The van der Waals surface area contributed by atoms with Gasteiger partial charge in [-0.15, -0.1) is 13.2 Å². The Balaban J connectivity index is 1.70. The predicted octanol–water partition coefficient (Wildman–Crippen LogP) is 1.60. The minimum Gasteiger partial charge on any atom is -0.396 e. The lowest BCUT2D eigenvalue weighted by Crippen LogP contribution is -2.56. The molecule has 188 valence electrons. The highest BCUT2D eigenvalue weighted by Crippen LogP contribution is 2.58. The first-order valence-electron chi connectivity index (χ1n) is 12.3. The van der Waals surface area contributed by atoms with Crippen LogP contribution in [0.15, 0.2) is 55.6 Å². The lowest BCUT2D eigenvalue weighted by molar-refractivity contribution is -0.149. The van der Waals surface area contributed by atoms with Crippen molar-refractivity contribution in [3.8, 4) is 0 Å². The van der Waals surface area contributed by atoms with Crippen molar-refractivity contribution in [1.29, 1.82) is 0 Å². The molecule has 3 heterocycles. The topological polar surface area (TPSA) is 90.4 Å². The highest BCUT2D eigenvalue weighted by atomic mass is 16.5. The van der Waals surface area contributed by atoms with Crippen LogP contribution in [-0.2, 0) is 25.7 Å². The monoisotopic (exact) mass is 481 g/mol. The van der Waals surface area contributed by atoms with E-state index in [4.69, 9.17) is 4.74 Å². The number of likely N-dealkylation sites (N-methyl/N-ethyl adjacent to an activating group) is 1. The van der Waals surface area contributed by atoms with Crippen molar-refractivity contribution >= 4 is 17.7 Å². The van der Waals surface area contributed by atoms with Crippen molar-refractivity contribution in [3.63, 3.8) is 0 Å². The van der Waals surface area contributed by atoms with E-state index in [0.717, 1.165) is 5.56 Å². The molecule has 2 bridgehead atoms. The van der Waals surface area contributed by atoms with Gasteiger partial charge in [0.15, 0.2) is 0 Å². The molecule has 1 spiro atoms. The molecule has 3 aliphatic rings. The Hall–Kier alpha value is -2.97. The second-order valence-electron chi connectivity index (χ2n) is 9.67. The lowest BCUT2D eigenvalue weighted by Gasteiger charge is -2.37. The van der Waals surface area contributed by atoms with Gasteiger partial charge >= 0.3 is 0 Å². The molecule has 1 aromatic rings. The molecule has 3 saturated heterocycles. The van der Waals surface area contributed by atoms with Crippen LogP contribution in [0.5, 0.6) is 0 Å². The van der Waals surface area contributed by atoms with E-state index in [1.165, 1.54) is 0 Å². The lowest BCUT2D eigenvalue weighted by atomic mass is 9.70. The number of amides is 3. The molecular weight excluding hydrogens is 446 g/mol. The first kappa shape index (κ1) is 25.1. The van der Waals surface area contributed by atoms with Crippen LogP contribution >= 0.6 is 0 Å². The quantitative estimate of drug-likeness (QED) is 0.485. The summed E-state index contributed by atoms with van der Waals surface area (Å²) >= 11 is 0. The number of benzene rings is 1. The predicted molar refractivity (Wildman–Crippen MR) is 131 cm³/mol. The Bertz CT molecular complexity index is 982. The van der Waals surface area contributed by atoms with Gasteiger partial charge in [-0.2, -0.15) is 0 Å². The molecule has 0 aliphatic carbocycles. The van der Waals surface area contributed by atoms with Gasteiger partial charge in [-0.3, -0.25) is 14.4 Å². The van der Waals surface area contributed by atoms with Gasteiger partial charge in [-0.25, -0.2) is 0 Å². The minimum absolute atomic E-state index is 0.101. The Morgan fingerprint density at radius 3 is 2.57 bits per heavy atom. The van der Waals surface area contributed by atoms with E-state index in [2.05, 4.69) is 13.2 Å². The number of fused-ring (bicyclic) bond motifs is 1. The molecule has 8 heteroatoms. The molecule has 3 fully saturated rings. The summed E-state index contributed by atoms with van der Waals surface area (Å²) in [6.07, 6.45) is 4.45. The molecule has 3 aliphatic heterocycles. The molecule has 0 saturated carbocycles. The van der Waals surface area contributed by atoms with Crippen molar-refractivity contribution in [1.82, 2.24) is 14.7 Å². The van der Waals surface area contributed by atoms with Crippen LogP contribution in [0.3, 0.4) is 0 Å². The molecule has 8 nitrogen and oxygen atoms in total. The van der Waals surface area contributed by atoms with E-state index in [0.29, 0.717) is 38.9 Å². The molecule has 3 amide bonds. The van der Waals surface area contributed by atoms with E-state index in [1.54, 1.807) is 33.9 Å². The van der Waals surface area contributed by atoms with Gasteiger partial charge in [-0.05, 0) is 24.8 Å². The highest BCUT2D eigenvalue weighted by Gasteiger charge is 2.74. The molecule has 4 rings (SSSR count). The molecule has 35 heavy (non-hydrogen) atoms. The van der Waals surface area contributed by atoms with Crippen LogP contribution in [-0.4, -0.2) is 88.6 Å². The Morgan fingerprint density at radius 2 is 1.91 bits per heavy atom. The van der Waals surface area contributed by atoms with E-state index in [-0.39, 0.29) is 37.0 Å². The first-order chi connectivity index (χ1) is 16.9. The smallest absolute Gasteiger partial charge is 0.248 e. The van der Waals surface area contributed by atoms with E-state index in [1.807, 2.05) is 30.3 Å². The summed E-state index contributed by atoms with van der Waals surface area (Å²) in [5, 5.41) is 9.48. The highest BCUT2D eigenvalue weighted by molar-refractivity contribution is 5.99. The number of nitrogens with zero attached hydrogens (tertiary/aromatic N) is 3. The normalized spacial score (nSPS) is 28.6. The molecule has 1 N–H and O–H groups in total. The number of aliphatic hydroxyl groups excluding tert-OH is 1. The van der Waals surface area contributed by atoms with Gasteiger partial charge in [0.05, 0.1) is 17.9 Å². The Morgan fingerprint density at radius 1 is 1.20 bits per heavy atom. The molecular formula is C27H35N3O5. The van der Waals surface area contributed by atoms with Gasteiger partial charge in [0.1, 0.15) is 11.6 Å². The number of likely N-dealkylation sites (tertiary alicyclic amines) is 1. The van der Waals surface area contributed by atoms with Gasteiger partial charge in [0.25, 0.3) is 0 Å². The van der Waals surface area contributed by atoms with Crippen LogP contribution < -0.4 is 0 Å². The number of ether oxygens (including phenoxy) is 1. The zero-order valence-electron chi connectivity index (χ0n) is 20.3. The molecule has 5 atom stereocenters. The first-order valence-corrected chi connectivity index (χ1v) is 12.3. The van der Waals surface area contributed by atoms with Crippen LogP contribution in [0.4, 0.5) is 0 Å². The zero-order chi connectivity index (χ0) is 25.2. The maximum absolute atomic E-state index is 14.1. The third kappa shape index (κ3) is 4.29. The van der Waals surface area contributed by atoms with Crippen molar-refractivity contribution in [2.24, 2.45) is 11.8 Å². The summed E-state index contributed by atoms with van der Waals surface area (Å²) in [6, 6.07) is 8.83. The Kier molecular flexibility index (Phi) is 7.42. The fraction of sp³-hybridized carbons (Fsp3) is 0.519. The zero-order valence-corrected chi connectivity index (χ0v) is 20.3. The fourth-order valence-corrected chi connectivity index (χ4v) is 6.10. The van der Waals surface area contributed by atoms with Crippen molar-refractivity contribution < 1.29 is 24.2 Å². The molecule has 0 radical (unpaired) electrons. The molecule has 0 aromatic heterocycles. The number of aliphatic hydroxyl groups is 1. The van der Waals surface area contributed by atoms with Gasteiger partial charge in [-0.1, -0.05) is 42.5 Å². The summed E-state index contributed by atoms with van der Waals surface area (Å²) in [6.45, 7) is 8.73. The van der Waals surface area contributed by atoms with Crippen LogP contribution in [0.25, 0.3) is 0 Å². The number of hydrogen-bond donors (Lipinski definition) is 1. The van der Waals surface area contributed by atoms with Crippen LogP contribution in [0.1, 0.15) is 24.8 Å². The van der Waals surface area contributed by atoms with Crippen molar-refractivity contribution in [3.05, 3.63) is 61.2 Å². The van der Waals surface area contributed by atoms with Crippen LogP contribution in [0, 0.1) is 11.8 Å². The summed E-state index contributed by atoms with van der Waals surface area (Å²) in [4.78, 5) is 46.1. The number of hydrogen-bond acceptors (Lipinski definition) is 5. The number of rotatable bonds is 11. The number of carbonyl (C=O) groups excluding carboxylic acids is 3. The molecule has 2 unspecified atom stereocenters. The summed E-state index contributed by atoms with van der Waals surface area (Å²) in [5.74, 6) is -1.94. The summed E-state index contributed by atoms with van der Waals surface area (Å²) in [5.41, 5.74) is -0.0709. The van der Waals surface area contributed by atoms with Gasteiger partial charge in [0, 0.05) is 39.8 Å². The summed E-state index contributed by atoms with van der Waals surface area (Å²) in [7, 11) is 1.69. The van der Waals surface area contributed by atoms with E-state index < -0.39 is 23.5 Å². The summed E-state index contributed by atoms with van der Waals surface area (Å²) < 4.78 is 6.47. The second-order valence-corrected chi connectivity index (χ2v) is 9.67. The van der Waals surface area contributed by atoms with Crippen LogP contribution in [0.2, 0.25) is 0 Å². The minimum atomic E-state index is -1.04. The van der Waals surface area contributed by atoms with Gasteiger partial charge in [0.2, 0.25) is 17.7 Å². The van der Waals surface area contributed by atoms with Crippen molar-refractivity contribution in [2.45, 2.75) is 43.6 Å². The largest absolute Gasteiger partial charge is 0.396 e. The maximum Gasteiger partial charge on any atom is 0.248 e.